The summed E-state index contributed by atoms with van der Waals surface area (Å²) < 4.78 is 7.77. The number of nitrogens with zero attached hydrogens (tertiary/aromatic N) is 4. The molecule has 0 radical (unpaired) electrons. The number of nitrogens with one attached hydrogen (secondary N) is 1. The van der Waals surface area contributed by atoms with Gasteiger partial charge in [-0.1, -0.05) is 6.92 Å². The van der Waals surface area contributed by atoms with Gasteiger partial charge in [-0.2, -0.15) is 5.10 Å². The van der Waals surface area contributed by atoms with E-state index in [2.05, 4.69) is 15.4 Å². The Morgan fingerprint density at radius 3 is 2.76 bits per heavy atom. The molecule has 2 rings (SSSR count). The summed E-state index contributed by atoms with van der Waals surface area (Å²) in [5.41, 5.74) is -0.130. The first kappa shape index (κ1) is 18.6. The zero-order chi connectivity index (χ0) is 18.6. The van der Waals surface area contributed by atoms with Crippen molar-refractivity contribution < 1.29 is 14.3 Å². The van der Waals surface area contributed by atoms with Gasteiger partial charge in [0.25, 0.3) is 11.5 Å². The number of carbonyl (C=O) groups excluding carboxylic acids is 2. The molecule has 0 aromatic carbocycles. The van der Waals surface area contributed by atoms with E-state index >= 15 is 0 Å². The predicted molar refractivity (Wildman–Crippen MR) is 90.9 cm³/mol. The third-order valence-corrected chi connectivity index (χ3v) is 4.00. The summed E-state index contributed by atoms with van der Waals surface area (Å²) in [6.45, 7) is 5.52. The molecule has 0 spiro atoms. The quantitative estimate of drug-likeness (QED) is 0.724. The summed E-state index contributed by atoms with van der Waals surface area (Å²) in [6, 6.07) is 0. The fourth-order valence-corrected chi connectivity index (χ4v) is 2.16. The van der Waals surface area contributed by atoms with Gasteiger partial charge in [-0.3, -0.25) is 23.6 Å². The van der Waals surface area contributed by atoms with Crippen molar-refractivity contribution in [1.29, 1.82) is 0 Å². The summed E-state index contributed by atoms with van der Waals surface area (Å²) >= 11 is 0. The Kier molecular flexibility index (Phi) is 5.55. The molecule has 0 bridgehead atoms. The summed E-state index contributed by atoms with van der Waals surface area (Å²) in [5, 5.41) is 7.15. The van der Waals surface area contributed by atoms with E-state index in [0.29, 0.717) is 11.0 Å². The summed E-state index contributed by atoms with van der Waals surface area (Å²) in [7, 11) is 1.70. The van der Waals surface area contributed by atoms with Crippen LogP contribution in [0.15, 0.2) is 17.3 Å². The standard InChI is InChI=1S/C16H23N5O4/c1-5-16(2,3)19-12(22)9-25-13(23)6-7-21-10-17-14-11(15(21)24)8-18-20(14)4/h8,10H,5-7,9H2,1-4H3,(H,19,22). The first-order valence-electron chi connectivity index (χ1n) is 8.07. The van der Waals surface area contributed by atoms with Gasteiger partial charge in [-0.05, 0) is 20.3 Å². The van der Waals surface area contributed by atoms with Crippen molar-refractivity contribution in [1.82, 2.24) is 24.6 Å². The highest BCUT2D eigenvalue weighted by Crippen LogP contribution is 2.06. The smallest absolute Gasteiger partial charge is 0.308 e. The molecule has 0 saturated heterocycles. The normalized spacial score (nSPS) is 11.5. The first-order chi connectivity index (χ1) is 11.7. The molecule has 1 N–H and O–H groups in total. The van der Waals surface area contributed by atoms with E-state index in [4.69, 9.17) is 4.74 Å². The van der Waals surface area contributed by atoms with Crippen molar-refractivity contribution >= 4 is 22.9 Å². The Morgan fingerprint density at radius 1 is 1.36 bits per heavy atom. The van der Waals surface area contributed by atoms with Crippen LogP contribution < -0.4 is 10.9 Å². The van der Waals surface area contributed by atoms with E-state index in [1.807, 2.05) is 20.8 Å². The van der Waals surface area contributed by atoms with E-state index in [0.717, 1.165) is 6.42 Å². The van der Waals surface area contributed by atoms with Crippen molar-refractivity contribution in [2.45, 2.75) is 45.7 Å². The summed E-state index contributed by atoms with van der Waals surface area (Å²) in [6.07, 6.45) is 3.55. The number of amides is 1. The minimum atomic E-state index is -0.553. The largest absolute Gasteiger partial charge is 0.456 e. The summed E-state index contributed by atoms with van der Waals surface area (Å²) in [4.78, 5) is 39.9. The van der Waals surface area contributed by atoms with Crippen LogP contribution in [-0.2, 0) is 27.9 Å². The SMILES string of the molecule is CCC(C)(C)NC(=O)COC(=O)CCn1cnc2c(cnn2C)c1=O. The molecule has 0 unspecified atom stereocenters. The molecule has 0 fully saturated rings. The molecule has 0 aliphatic carbocycles. The van der Waals surface area contributed by atoms with Gasteiger partial charge in [0, 0.05) is 19.1 Å². The Balaban J connectivity index is 1.87. The number of esters is 1. The molecule has 9 nitrogen and oxygen atoms in total. The number of hydrogen-bond acceptors (Lipinski definition) is 6. The van der Waals surface area contributed by atoms with E-state index < -0.39 is 5.97 Å². The second-order valence-electron chi connectivity index (χ2n) is 6.44. The fraction of sp³-hybridized carbons (Fsp3) is 0.562. The molecule has 9 heteroatoms. The average molecular weight is 349 g/mol. The Labute approximate surface area is 145 Å². The number of aryl methyl sites for hydroxylation is 2. The summed E-state index contributed by atoms with van der Waals surface area (Å²) in [5.74, 6) is -0.904. The molecule has 0 atom stereocenters. The molecular formula is C16H23N5O4. The highest BCUT2D eigenvalue weighted by atomic mass is 16.5. The molecule has 0 aliphatic heterocycles. The van der Waals surface area contributed by atoms with Crippen LogP contribution in [0.25, 0.3) is 11.0 Å². The molecule has 1 amide bonds. The zero-order valence-corrected chi connectivity index (χ0v) is 14.9. The number of rotatable bonds is 7. The molecule has 2 aromatic rings. The van der Waals surface area contributed by atoms with Crippen LogP contribution in [-0.4, -0.2) is 43.4 Å². The lowest BCUT2D eigenvalue weighted by molar-refractivity contribution is -0.149. The number of carbonyl (C=O) groups is 2. The van der Waals surface area contributed by atoms with Crippen LogP contribution in [0, 0.1) is 0 Å². The monoisotopic (exact) mass is 349 g/mol. The van der Waals surface area contributed by atoms with Gasteiger partial charge in [0.15, 0.2) is 12.3 Å². The van der Waals surface area contributed by atoms with Gasteiger partial charge in [-0.25, -0.2) is 4.98 Å². The van der Waals surface area contributed by atoms with E-state index in [9.17, 15) is 14.4 Å². The predicted octanol–water partition coefficient (Wildman–Crippen LogP) is 0.368. The van der Waals surface area contributed by atoms with Gasteiger partial charge >= 0.3 is 5.97 Å². The number of aromatic nitrogens is 4. The maximum absolute atomic E-state index is 12.3. The van der Waals surface area contributed by atoms with Crippen LogP contribution in [0.5, 0.6) is 0 Å². The number of fused-ring (bicyclic) bond motifs is 1. The van der Waals surface area contributed by atoms with Crippen LogP contribution >= 0.6 is 0 Å². The highest BCUT2D eigenvalue weighted by molar-refractivity contribution is 5.81. The number of ether oxygens (including phenoxy) is 1. The molecule has 0 aliphatic rings. The highest BCUT2D eigenvalue weighted by Gasteiger charge is 2.18. The Hall–Kier alpha value is -2.71. The maximum Gasteiger partial charge on any atom is 0.308 e. The minimum absolute atomic E-state index is 0.0300. The topological polar surface area (TPSA) is 108 Å². The second kappa shape index (κ2) is 7.45. The second-order valence-corrected chi connectivity index (χ2v) is 6.44. The fourth-order valence-electron chi connectivity index (χ4n) is 2.16. The lowest BCUT2D eigenvalue weighted by atomic mass is 10.0. The van der Waals surface area contributed by atoms with Crippen molar-refractivity contribution in [2.24, 2.45) is 7.05 Å². The van der Waals surface area contributed by atoms with E-state index in [-0.39, 0.29) is 36.6 Å². The Morgan fingerprint density at radius 2 is 2.08 bits per heavy atom. The maximum atomic E-state index is 12.3. The van der Waals surface area contributed by atoms with Crippen LogP contribution in [0.4, 0.5) is 0 Å². The van der Waals surface area contributed by atoms with Crippen molar-refractivity contribution in [3.63, 3.8) is 0 Å². The molecular weight excluding hydrogens is 326 g/mol. The third kappa shape index (κ3) is 4.65. The van der Waals surface area contributed by atoms with E-state index in [1.54, 1.807) is 7.05 Å². The Bertz CT molecular complexity index is 837. The van der Waals surface area contributed by atoms with Crippen molar-refractivity contribution in [2.75, 3.05) is 6.61 Å². The van der Waals surface area contributed by atoms with Gasteiger partial charge in [-0.15, -0.1) is 0 Å². The van der Waals surface area contributed by atoms with Gasteiger partial charge < -0.3 is 10.1 Å². The van der Waals surface area contributed by atoms with Crippen LogP contribution in [0.2, 0.25) is 0 Å². The van der Waals surface area contributed by atoms with E-state index in [1.165, 1.54) is 21.8 Å². The first-order valence-corrected chi connectivity index (χ1v) is 8.07. The third-order valence-electron chi connectivity index (χ3n) is 4.00. The van der Waals surface area contributed by atoms with Gasteiger partial charge in [0.1, 0.15) is 5.39 Å². The number of hydrogen-bond donors (Lipinski definition) is 1. The zero-order valence-electron chi connectivity index (χ0n) is 14.9. The molecule has 136 valence electrons. The van der Waals surface area contributed by atoms with Crippen LogP contribution in [0.3, 0.4) is 0 Å². The van der Waals surface area contributed by atoms with Gasteiger partial charge in [0.2, 0.25) is 0 Å². The van der Waals surface area contributed by atoms with Crippen LogP contribution in [0.1, 0.15) is 33.6 Å². The minimum Gasteiger partial charge on any atom is -0.456 e. The van der Waals surface area contributed by atoms with Crippen molar-refractivity contribution in [3.05, 3.63) is 22.9 Å². The molecule has 2 heterocycles. The van der Waals surface area contributed by atoms with Gasteiger partial charge in [0.05, 0.1) is 18.9 Å². The lowest BCUT2D eigenvalue weighted by Crippen LogP contribution is -2.44. The lowest BCUT2D eigenvalue weighted by Gasteiger charge is -2.24. The molecule has 0 saturated carbocycles. The molecule has 25 heavy (non-hydrogen) atoms. The average Bonchev–Trinajstić information content (AvgIpc) is 2.94. The van der Waals surface area contributed by atoms with Crippen molar-refractivity contribution in [3.8, 4) is 0 Å². The molecule has 2 aromatic heterocycles.